The Bertz CT molecular complexity index is 3220. The van der Waals surface area contributed by atoms with Gasteiger partial charge in [0, 0.05) is 116 Å². The van der Waals surface area contributed by atoms with Crippen molar-refractivity contribution in [2.75, 3.05) is 205 Å². The van der Waals surface area contributed by atoms with Crippen molar-refractivity contribution in [1.82, 2.24) is 16.0 Å². The highest BCUT2D eigenvalue weighted by atomic mass is 16.6. The second kappa shape index (κ2) is 116. The first-order chi connectivity index (χ1) is 71.7. The summed E-state index contributed by atoms with van der Waals surface area (Å²) >= 11 is 0. The first-order valence-corrected chi connectivity index (χ1v) is 56.5. The molecule has 7 N–H and O–H groups in total. The summed E-state index contributed by atoms with van der Waals surface area (Å²) in [5.41, 5.74) is 0. The molecule has 36 heteroatoms. The molecular weight excluding hydrogens is 1920 g/mol. The minimum Gasteiger partial charge on any atom is -0.481 e. The number of hydrogen-bond donors (Lipinski definition) is 7. The molecule has 0 aliphatic carbocycles. The van der Waals surface area contributed by atoms with E-state index in [2.05, 4.69) is 16.0 Å². The number of carbonyl (C=O) groups excluding carboxylic acids is 11. The highest BCUT2D eigenvalue weighted by Crippen LogP contribution is 2.23. The second-order valence-electron chi connectivity index (χ2n) is 38.4. The standard InChI is InChI=1S/C40H73NO13.C37H67NO10.C35H63NO10/c1-35(42)20-22-49-24-26-51-28-30-53-32-33-54-31-29-52-27-25-50-23-21-41-38(44)19-18-36(40(47)48)34-37(43)16-14-12-10-8-6-4-2-3-5-7-9-11-13-15-17-39(45)46;1-32(39)17-15-13-11-9-7-5-3-4-6-8-10-12-14-16-18-35(41)31-34(37(43)44)19-20-36(42)38-22-24-46-26-28-48-30-29-47-27-25-45-23-21-33(2)40;1-30(37)15-13-11-9-7-5-3-4-6-8-10-12-14-16-33(39)29-32(35(41)42)17-18-34(40)36-20-22-44-24-26-46-28-27-45-25-23-43-21-19-31(2)38/h36H,2-34H2,1H3,(H,41,44)(H,45,46)(H,47,48);34H,3-31H2,1-2H3,(H,38,42)(H,43,44);32H,3-29H2,1-2H3,(H,36,40)(H,41,42)/t36-;34-;32-/m111/s1. The van der Waals surface area contributed by atoms with Crippen LogP contribution in [0, 0.1) is 17.8 Å². The highest BCUT2D eigenvalue weighted by molar-refractivity contribution is 5.86. The number of Topliss-reactive ketones (excluding diaryl/α,β-unsaturated/α-hetero) is 8. The lowest BCUT2D eigenvalue weighted by molar-refractivity contribution is -0.144. The highest BCUT2D eigenvalue weighted by Gasteiger charge is 2.26. The van der Waals surface area contributed by atoms with Crippen molar-refractivity contribution in [3.05, 3.63) is 0 Å². The number of hydrogen-bond acceptors (Lipinski definition) is 29. The van der Waals surface area contributed by atoms with Crippen molar-refractivity contribution < 1.29 is 159 Å². The van der Waals surface area contributed by atoms with Gasteiger partial charge in [-0.15, -0.1) is 0 Å². The SMILES string of the molecule is CC(=O)CCCCCCCCCCCCCCC(=O)C[C@@H](CCC(=O)NCCOCCOCCOCCOCCC(C)=O)C(=O)O.CC(=O)CCCCCCCCCCCCCCCCC(=O)C[C@@H](CCC(=O)NCCOCCOCCOCCOCCC(C)=O)C(=O)O.CC(=O)CCOCCOCCOCCOCCOCCOCCNC(=O)CC[C@H](CC(=O)CCCCCCCCCCCCCCCCC(=O)O)C(=O)O. The molecule has 0 bridgehead atoms. The van der Waals surface area contributed by atoms with Crippen LogP contribution in [-0.4, -0.2) is 313 Å². The van der Waals surface area contributed by atoms with Crippen LogP contribution in [0.2, 0.25) is 0 Å². The van der Waals surface area contributed by atoms with Crippen LogP contribution in [0.3, 0.4) is 0 Å². The fourth-order valence-corrected chi connectivity index (χ4v) is 15.4. The lowest BCUT2D eigenvalue weighted by atomic mass is 9.94. The van der Waals surface area contributed by atoms with Gasteiger partial charge < -0.3 is 112 Å². The number of carboxylic acids is 4. The molecule has 864 valence electrons. The fraction of sp³-hybridized carbons (Fsp3) is 0.866. The normalized spacial score (nSPS) is 11.8. The predicted molar refractivity (Wildman–Crippen MR) is 568 cm³/mol. The first kappa shape index (κ1) is 145. The average Bonchev–Trinajstić information content (AvgIpc) is 0.936. The Kier molecular flexibility index (Phi) is 113. The Hall–Kier alpha value is -6.91. The second-order valence-corrected chi connectivity index (χ2v) is 38.4. The van der Waals surface area contributed by atoms with E-state index in [9.17, 15) is 87.2 Å². The molecule has 0 radical (unpaired) electrons. The molecule has 36 nitrogen and oxygen atoms in total. The van der Waals surface area contributed by atoms with Crippen LogP contribution in [0.1, 0.15) is 407 Å². The molecule has 148 heavy (non-hydrogen) atoms. The van der Waals surface area contributed by atoms with Crippen LogP contribution in [0.25, 0.3) is 0 Å². The van der Waals surface area contributed by atoms with Gasteiger partial charge in [-0.25, -0.2) is 0 Å². The molecule has 0 fully saturated rings. The van der Waals surface area contributed by atoms with Gasteiger partial charge in [0.25, 0.3) is 0 Å². The third-order valence-corrected chi connectivity index (χ3v) is 24.3. The maximum absolute atomic E-state index is 12.4. The molecule has 0 saturated heterocycles. The van der Waals surface area contributed by atoms with Crippen molar-refractivity contribution in [2.45, 2.75) is 407 Å². The number of nitrogens with one attached hydrogen (secondary N) is 3. The number of aliphatic carboxylic acids is 4. The molecule has 0 aromatic rings. The van der Waals surface area contributed by atoms with E-state index in [0.29, 0.717) is 255 Å². The zero-order valence-electron chi connectivity index (χ0n) is 92.3. The summed E-state index contributed by atoms with van der Waals surface area (Å²) in [6.45, 7) is 20.4. The van der Waals surface area contributed by atoms with E-state index >= 15 is 0 Å². The zero-order chi connectivity index (χ0) is 109. The molecule has 0 unspecified atom stereocenters. The molecule has 0 aliphatic heterocycles. The van der Waals surface area contributed by atoms with E-state index in [4.69, 9.17) is 71.4 Å². The number of ether oxygens (including phenoxy) is 14. The first-order valence-electron chi connectivity index (χ1n) is 56.5. The smallest absolute Gasteiger partial charge is 0.306 e. The van der Waals surface area contributed by atoms with Crippen LogP contribution < -0.4 is 16.0 Å². The van der Waals surface area contributed by atoms with Crippen molar-refractivity contribution in [2.24, 2.45) is 17.8 Å². The number of ketones is 8. The third-order valence-electron chi connectivity index (χ3n) is 24.3. The summed E-state index contributed by atoms with van der Waals surface area (Å²) in [4.78, 5) is 173. The number of rotatable bonds is 118. The van der Waals surface area contributed by atoms with Gasteiger partial charge in [0.1, 0.15) is 46.3 Å². The van der Waals surface area contributed by atoms with E-state index in [1.54, 1.807) is 13.8 Å². The minimum atomic E-state index is -1.04. The molecule has 0 aromatic carbocycles. The zero-order valence-corrected chi connectivity index (χ0v) is 92.3. The average molecular weight is 2120 g/mol. The molecule has 0 rings (SSSR count). The molecule has 0 aromatic heterocycles. The topological polar surface area (TPSA) is 502 Å². The van der Waals surface area contributed by atoms with Gasteiger partial charge in [-0.05, 0) is 92.4 Å². The lowest BCUT2D eigenvalue weighted by Gasteiger charge is -2.12. The van der Waals surface area contributed by atoms with Crippen molar-refractivity contribution in [1.29, 1.82) is 0 Å². The van der Waals surface area contributed by atoms with E-state index in [1.807, 2.05) is 0 Å². The van der Waals surface area contributed by atoms with Crippen LogP contribution in [0.5, 0.6) is 0 Å². The fourth-order valence-electron chi connectivity index (χ4n) is 15.4. The van der Waals surface area contributed by atoms with Crippen LogP contribution >= 0.6 is 0 Å². The summed E-state index contributed by atoms with van der Waals surface area (Å²) < 4.78 is 75.3. The lowest BCUT2D eigenvalue weighted by Crippen LogP contribution is -2.29. The van der Waals surface area contributed by atoms with E-state index in [1.165, 1.54) is 168 Å². The molecule has 3 atom stereocenters. The predicted octanol–water partition coefficient (Wildman–Crippen LogP) is 18.0. The molecule has 0 spiro atoms. The Labute approximate surface area is 887 Å². The Morgan fingerprint density at radius 2 is 0.311 bits per heavy atom. The number of carboxylic acid groups (broad SMARTS) is 4. The molecule has 3 amide bonds. The monoisotopic (exact) mass is 2120 g/mol. The van der Waals surface area contributed by atoms with Crippen LogP contribution in [-0.2, 0) is 138 Å². The van der Waals surface area contributed by atoms with E-state index < -0.39 is 41.6 Å². The summed E-state index contributed by atoms with van der Waals surface area (Å²) in [6.07, 6.45) is 50.1. The van der Waals surface area contributed by atoms with E-state index in [0.717, 1.165) is 116 Å². The van der Waals surface area contributed by atoms with Gasteiger partial charge in [-0.3, -0.25) is 62.3 Å². The Balaban J connectivity index is -0.00000214. The third kappa shape index (κ3) is 123. The maximum atomic E-state index is 12.4. The number of unbranched alkanes of at least 4 members (excludes halogenated alkanes) is 37. The molecule has 0 saturated carbocycles. The van der Waals surface area contributed by atoms with Crippen molar-refractivity contribution >= 4 is 87.9 Å². The van der Waals surface area contributed by atoms with Gasteiger partial charge in [0.2, 0.25) is 17.7 Å². The summed E-state index contributed by atoms with van der Waals surface area (Å²) in [5.74, 6) is -6.40. The van der Waals surface area contributed by atoms with Crippen molar-refractivity contribution in [3.63, 3.8) is 0 Å². The quantitative estimate of drug-likeness (QED) is 0.0278. The maximum Gasteiger partial charge on any atom is 0.306 e. The van der Waals surface area contributed by atoms with Gasteiger partial charge in [0.05, 0.1) is 203 Å². The summed E-state index contributed by atoms with van der Waals surface area (Å²) in [6, 6.07) is 0. The largest absolute Gasteiger partial charge is 0.481 e. The van der Waals surface area contributed by atoms with E-state index in [-0.39, 0.29) is 122 Å². The summed E-state index contributed by atoms with van der Waals surface area (Å²) in [5, 5.41) is 45.4. The van der Waals surface area contributed by atoms with Gasteiger partial charge in [-0.1, -0.05) is 218 Å². The Morgan fingerprint density at radius 3 is 0.466 bits per heavy atom. The van der Waals surface area contributed by atoms with Gasteiger partial charge in [0.15, 0.2) is 0 Å². The summed E-state index contributed by atoms with van der Waals surface area (Å²) in [7, 11) is 0. The Morgan fingerprint density at radius 1 is 0.169 bits per heavy atom. The van der Waals surface area contributed by atoms with Crippen LogP contribution in [0.4, 0.5) is 0 Å². The van der Waals surface area contributed by atoms with Gasteiger partial charge in [-0.2, -0.15) is 0 Å². The van der Waals surface area contributed by atoms with Crippen LogP contribution in [0.15, 0.2) is 0 Å². The minimum absolute atomic E-state index is 0.0237. The molecular formula is C112H203N3O33. The van der Waals surface area contributed by atoms with Gasteiger partial charge >= 0.3 is 23.9 Å². The number of carbonyl (C=O) groups is 15. The number of amides is 3. The molecule has 0 heterocycles. The molecule has 0 aliphatic rings. The van der Waals surface area contributed by atoms with Crippen molar-refractivity contribution in [3.8, 4) is 0 Å².